The predicted molar refractivity (Wildman–Crippen MR) is 190 cm³/mol. The third kappa shape index (κ3) is 5.47. The predicted octanol–water partition coefficient (Wildman–Crippen LogP) is 7.50. The number of benzene rings is 2. The van der Waals surface area contributed by atoms with Gasteiger partial charge in [-0.05, 0) is 92.9 Å². The summed E-state index contributed by atoms with van der Waals surface area (Å²) >= 11 is 1.56. The van der Waals surface area contributed by atoms with Gasteiger partial charge in [0.2, 0.25) is 6.73 Å². The maximum absolute atomic E-state index is 13.7. The Morgan fingerprint density at radius 3 is 2.27 bits per heavy atom. The lowest BCUT2D eigenvalue weighted by Crippen LogP contribution is -2.63. The summed E-state index contributed by atoms with van der Waals surface area (Å²) in [5.41, 5.74) is 2.26. The quantitative estimate of drug-likeness (QED) is 0.142. The average Bonchev–Trinajstić information content (AvgIpc) is 3.90. The fourth-order valence-electron chi connectivity index (χ4n) is 9.53. The highest BCUT2D eigenvalue weighted by molar-refractivity contribution is 7.13. The van der Waals surface area contributed by atoms with Gasteiger partial charge in [0.25, 0.3) is 0 Å². The molecule has 9 heteroatoms. The molecule has 2 aromatic heterocycles. The van der Waals surface area contributed by atoms with Crippen molar-refractivity contribution in [1.82, 2.24) is 8.94 Å². The highest BCUT2D eigenvalue weighted by atomic mass is 32.1. The maximum atomic E-state index is 13.7. The van der Waals surface area contributed by atoms with Gasteiger partial charge in [0, 0.05) is 29.0 Å². The lowest BCUT2D eigenvalue weighted by atomic mass is 9.78. The van der Waals surface area contributed by atoms with Crippen LogP contribution in [0.5, 0.6) is 11.8 Å². The number of piperazine rings is 1. The number of quaternary nitrogens is 1. The van der Waals surface area contributed by atoms with Crippen LogP contribution in [-0.4, -0.2) is 69.1 Å². The van der Waals surface area contributed by atoms with E-state index in [1.54, 1.807) is 11.5 Å². The SMILES string of the molecule is CC(C)(C(=O)OC[N+]1(CC2CCCCC2Cn2c(O)c3c(c2O)C2CCC3C2)CCN(c2nsc3ccccc23)CC1)c1ccccc1. The molecule has 4 aliphatic rings. The molecule has 2 aromatic carbocycles. The molecule has 0 amide bonds. The van der Waals surface area contributed by atoms with Gasteiger partial charge in [-0.15, -0.1) is 0 Å². The van der Waals surface area contributed by atoms with Crippen molar-refractivity contribution in [1.29, 1.82) is 0 Å². The van der Waals surface area contributed by atoms with Gasteiger partial charge in [-0.2, -0.15) is 4.37 Å². The van der Waals surface area contributed by atoms with E-state index >= 15 is 0 Å². The minimum atomic E-state index is -0.747. The molecule has 4 unspecified atom stereocenters. The Bertz CT molecular complexity index is 1760. The topological polar surface area (TPSA) is 87.8 Å². The van der Waals surface area contributed by atoms with Crippen LogP contribution in [0.3, 0.4) is 0 Å². The molecule has 4 atom stereocenters. The maximum Gasteiger partial charge on any atom is 0.320 e. The first-order chi connectivity index (χ1) is 23.2. The van der Waals surface area contributed by atoms with Crippen LogP contribution in [0.4, 0.5) is 5.82 Å². The number of ether oxygens (including phenoxy) is 1. The van der Waals surface area contributed by atoms with E-state index in [1.807, 2.05) is 48.7 Å². The van der Waals surface area contributed by atoms with Crippen molar-refractivity contribution in [2.75, 3.05) is 44.4 Å². The molecule has 2 saturated carbocycles. The summed E-state index contributed by atoms with van der Waals surface area (Å²) in [5, 5.41) is 24.0. The van der Waals surface area contributed by atoms with Crippen LogP contribution >= 0.6 is 11.5 Å². The van der Waals surface area contributed by atoms with E-state index in [9.17, 15) is 15.0 Å². The Kier molecular flexibility index (Phi) is 8.19. The van der Waals surface area contributed by atoms with E-state index in [0.29, 0.717) is 48.7 Å². The second-order valence-electron chi connectivity index (χ2n) is 15.6. The van der Waals surface area contributed by atoms with E-state index in [-0.39, 0.29) is 5.97 Å². The van der Waals surface area contributed by atoms with Crippen molar-refractivity contribution < 1.29 is 24.2 Å². The number of fused-ring (bicyclic) bond motifs is 6. The van der Waals surface area contributed by atoms with Crippen LogP contribution < -0.4 is 4.90 Å². The number of aromatic nitrogens is 2. The highest BCUT2D eigenvalue weighted by Crippen LogP contribution is 2.60. The molecule has 0 spiro atoms. The van der Waals surface area contributed by atoms with Gasteiger partial charge in [-0.1, -0.05) is 55.3 Å². The molecule has 2 bridgehead atoms. The Labute approximate surface area is 287 Å². The van der Waals surface area contributed by atoms with Crippen LogP contribution in [0.1, 0.15) is 87.3 Å². The summed E-state index contributed by atoms with van der Waals surface area (Å²) in [6.07, 6.45) is 7.86. The van der Waals surface area contributed by atoms with Gasteiger partial charge in [-0.25, -0.2) is 0 Å². The smallest absolute Gasteiger partial charge is 0.320 e. The van der Waals surface area contributed by atoms with E-state index in [4.69, 9.17) is 9.11 Å². The second kappa shape index (κ2) is 12.4. The lowest BCUT2D eigenvalue weighted by Gasteiger charge is -2.47. The standard InChI is InChI=1S/C39H48N4O4S/c1-39(2,30-12-4-3-5-13-30)38(46)47-25-43(20-18-41(19-21-43)35-31-14-8-9-15-32(31)48-40-35)24-29-11-7-6-10-28(29)23-42-36(44)33-26-16-17-27(22-26)34(33)37(42)45/h3-5,8-9,12-15,26-29H,6-7,10-11,16-25H2,1-2H3,(H-,44,45)/p+1. The number of carbonyl (C=O) groups excluding carboxylic acids is 1. The molecule has 1 aliphatic heterocycles. The third-order valence-electron chi connectivity index (χ3n) is 12.5. The molecule has 3 fully saturated rings. The Morgan fingerprint density at radius 2 is 1.56 bits per heavy atom. The molecule has 3 aliphatic carbocycles. The van der Waals surface area contributed by atoms with E-state index < -0.39 is 5.41 Å². The molecule has 0 radical (unpaired) electrons. The van der Waals surface area contributed by atoms with Gasteiger partial charge in [0.05, 0.1) is 42.8 Å². The number of hydrogen-bond acceptors (Lipinski definition) is 7. The number of anilines is 1. The van der Waals surface area contributed by atoms with E-state index in [1.165, 1.54) is 22.9 Å². The molecular formula is C39H49N4O4S+. The summed E-state index contributed by atoms with van der Waals surface area (Å²) in [6.45, 7) is 9.25. The summed E-state index contributed by atoms with van der Waals surface area (Å²) < 4.78 is 15.0. The molecule has 1 saturated heterocycles. The molecule has 4 aromatic rings. The minimum absolute atomic E-state index is 0.189. The van der Waals surface area contributed by atoms with Gasteiger partial charge in [0.1, 0.15) is 0 Å². The van der Waals surface area contributed by atoms with Crippen LogP contribution in [0.25, 0.3) is 10.1 Å². The Balaban J connectivity index is 1.04. The number of carbonyl (C=O) groups is 1. The van der Waals surface area contributed by atoms with Crippen molar-refractivity contribution in [3.63, 3.8) is 0 Å². The fraction of sp³-hybridized carbons (Fsp3) is 0.538. The Hall–Kier alpha value is -3.56. The summed E-state index contributed by atoms with van der Waals surface area (Å²) in [4.78, 5) is 16.1. The Morgan fingerprint density at radius 1 is 0.917 bits per heavy atom. The molecule has 8 nitrogen and oxygen atoms in total. The number of esters is 1. The summed E-state index contributed by atoms with van der Waals surface area (Å²) in [7, 11) is 0. The zero-order valence-corrected chi connectivity index (χ0v) is 29.1. The first-order valence-electron chi connectivity index (χ1n) is 18.1. The van der Waals surface area contributed by atoms with Gasteiger partial charge in [-0.3, -0.25) is 13.8 Å². The van der Waals surface area contributed by atoms with Crippen molar-refractivity contribution in [3.05, 3.63) is 71.3 Å². The molecule has 2 N–H and O–H groups in total. The third-order valence-corrected chi connectivity index (χ3v) is 13.3. The van der Waals surface area contributed by atoms with Crippen LogP contribution in [0.2, 0.25) is 0 Å². The minimum Gasteiger partial charge on any atom is -0.494 e. The van der Waals surface area contributed by atoms with E-state index in [0.717, 1.165) is 91.8 Å². The van der Waals surface area contributed by atoms with E-state index in [2.05, 4.69) is 29.2 Å². The van der Waals surface area contributed by atoms with Gasteiger partial charge >= 0.3 is 5.97 Å². The molecular weight excluding hydrogens is 621 g/mol. The lowest BCUT2D eigenvalue weighted by molar-refractivity contribution is -0.947. The first-order valence-corrected chi connectivity index (χ1v) is 18.8. The van der Waals surface area contributed by atoms with Crippen molar-refractivity contribution in [2.45, 2.75) is 82.6 Å². The number of hydrogen-bond donors (Lipinski definition) is 2. The number of nitrogens with zero attached hydrogens (tertiary/aromatic N) is 4. The number of aromatic hydroxyl groups is 2. The van der Waals surface area contributed by atoms with Gasteiger partial charge < -0.3 is 19.8 Å². The zero-order valence-electron chi connectivity index (χ0n) is 28.3. The van der Waals surface area contributed by atoms with Crippen molar-refractivity contribution >= 4 is 33.4 Å². The normalized spacial score (nSPS) is 25.0. The monoisotopic (exact) mass is 669 g/mol. The van der Waals surface area contributed by atoms with Crippen LogP contribution in [0, 0.1) is 11.8 Å². The van der Waals surface area contributed by atoms with Crippen LogP contribution in [0.15, 0.2) is 54.6 Å². The van der Waals surface area contributed by atoms with Crippen molar-refractivity contribution in [2.24, 2.45) is 11.8 Å². The molecule has 254 valence electrons. The number of rotatable bonds is 9. The molecule has 3 heterocycles. The largest absolute Gasteiger partial charge is 0.494 e. The van der Waals surface area contributed by atoms with Crippen LogP contribution in [-0.2, 0) is 21.5 Å². The summed E-state index contributed by atoms with van der Waals surface area (Å²) in [5.74, 6) is 3.03. The highest BCUT2D eigenvalue weighted by Gasteiger charge is 2.46. The fourth-order valence-corrected chi connectivity index (χ4v) is 10.3. The summed E-state index contributed by atoms with van der Waals surface area (Å²) in [6, 6.07) is 18.4. The molecule has 48 heavy (non-hydrogen) atoms. The van der Waals surface area contributed by atoms with Gasteiger partial charge in [0.15, 0.2) is 17.6 Å². The second-order valence-corrected chi connectivity index (χ2v) is 16.4. The average molecular weight is 670 g/mol. The first kappa shape index (κ1) is 31.7. The zero-order chi connectivity index (χ0) is 33.0. The molecule has 8 rings (SSSR count). The van der Waals surface area contributed by atoms with Crippen molar-refractivity contribution in [3.8, 4) is 11.8 Å².